The molecule has 1 aliphatic heterocycles. The average molecular weight is 443 g/mol. The maximum Gasteiger partial charge on any atom is 0.416 e. The van der Waals surface area contributed by atoms with E-state index in [2.05, 4.69) is 0 Å². The van der Waals surface area contributed by atoms with Crippen molar-refractivity contribution in [2.24, 2.45) is 0 Å². The number of sulfonamides is 1. The van der Waals surface area contributed by atoms with Gasteiger partial charge in [0.2, 0.25) is 10.0 Å². The number of non-ortho nitro benzene ring substituents is 1. The molecule has 0 saturated carbocycles. The van der Waals surface area contributed by atoms with Crippen molar-refractivity contribution in [1.82, 2.24) is 9.21 Å². The second-order valence-electron chi connectivity index (χ2n) is 6.53. The summed E-state index contributed by atoms with van der Waals surface area (Å²) in [5.41, 5.74) is -1.07. The van der Waals surface area contributed by atoms with Crippen LogP contribution in [0.1, 0.15) is 15.9 Å². The first-order valence-electron chi connectivity index (χ1n) is 8.71. The smallest absolute Gasteiger partial charge is 0.336 e. The molecular weight excluding hydrogens is 427 g/mol. The van der Waals surface area contributed by atoms with Gasteiger partial charge in [0, 0.05) is 43.9 Å². The van der Waals surface area contributed by atoms with Crippen LogP contribution in [0.5, 0.6) is 0 Å². The monoisotopic (exact) mass is 443 g/mol. The van der Waals surface area contributed by atoms with Gasteiger partial charge in [-0.25, -0.2) is 8.42 Å². The highest BCUT2D eigenvalue weighted by molar-refractivity contribution is 7.89. The Morgan fingerprint density at radius 1 is 1.00 bits per heavy atom. The fourth-order valence-corrected chi connectivity index (χ4v) is 4.45. The minimum atomic E-state index is -4.57. The van der Waals surface area contributed by atoms with E-state index in [1.54, 1.807) is 0 Å². The van der Waals surface area contributed by atoms with Crippen molar-refractivity contribution >= 4 is 21.6 Å². The second kappa shape index (κ2) is 8.03. The molecule has 160 valence electrons. The van der Waals surface area contributed by atoms with Crippen LogP contribution in [0.4, 0.5) is 18.9 Å². The predicted octanol–water partition coefficient (Wildman–Crippen LogP) is 2.76. The standard InChI is InChI=1S/C18H16F3N3O5S/c19-18(20,21)14-4-6-16(7-5-14)30(28,29)23-10-8-22(9-11-23)17(25)13-2-1-3-15(12-13)24(26)27/h1-7,12H,8-11H2. The number of hydrogen-bond donors (Lipinski definition) is 0. The number of nitrogens with zero attached hydrogens (tertiary/aromatic N) is 3. The Morgan fingerprint density at radius 2 is 1.60 bits per heavy atom. The summed E-state index contributed by atoms with van der Waals surface area (Å²) >= 11 is 0. The Balaban J connectivity index is 1.69. The van der Waals surface area contributed by atoms with Gasteiger partial charge >= 0.3 is 6.18 Å². The van der Waals surface area contributed by atoms with Crippen LogP contribution in [0.2, 0.25) is 0 Å². The maximum absolute atomic E-state index is 12.7. The van der Waals surface area contributed by atoms with Gasteiger partial charge in [-0.05, 0) is 30.3 Å². The van der Waals surface area contributed by atoms with Gasteiger partial charge in [0.1, 0.15) is 0 Å². The summed E-state index contributed by atoms with van der Waals surface area (Å²) in [6.07, 6.45) is -4.57. The normalized spacial score (nSPS) is 15.8. The van der Waals surface area contributed by atoms with Gasteiger partial charge in [-0.1, -0.05) is 6.07 Å². The summed E-state index contributed by atoms with van der Waals surface area (Å²) in [5, 5.41) is 10.9. The summed E-state index contributed by atoms with van der Waals surface area (Å²) in [6, 6.07) is 8.43. The number of alkyl halides is 3. The molecule has 8 nitrogen and oxygen atoms in total. The minimum Gasteiger partial charge on any atom is -0.336 e. The van der Waals surface area contributed by atoms with Crippen molar-refractivity contribution in [3.05, 3.63) is 69.8 Å². The van der Waals surface area contributed by atoms with Gasteiger partial charge in [-0.2, -0.15) is 17.5 Å². The van der Waals surface area contributed by atoms with Crippen molar-refractivity contribution in [3.8, 4) is 0 Å². The van der Waals surface area contributed by atoms with Gasteiger partial charge in [0.15, 0.2) is 0 Å². The van der Waals surface area contributed by atoms with Crippen LogP contribution in [0.25, 0.3) is 0 Å². The molecule has 2 aromatic rings. The topological polar surface area (TPSA) is 101 Å². The molecule has 0 bridgehead atoms. The average Bonchev–Trinajstić information content (AvgIpc) is 2.73. The lowest BCUT2D eigenvalue weighted by molar-refractivity contribution is -0.384. The van der Waals surface area contributed by atoms with E-state index < -0.39 is 32.6 Å². The highest BCUT2D eigenvalue weighted by Crippen LogP contribution is 2.30. The Kier molecular flexibility index (Phi) is 5.81. The molecule has 3 rings (SSSR count). The summed E-state index contributed by atoms with van der Waals surface area (Å²) in [7, 11) is -4.02. The van der Waals surface area contributed by atoms with Crippen molar-refractivity contribution in [2.45, 2.75) is 11.1 Å². The lowest BCUT2D eigenvalue weighted by Crippen LogP contribution is -2.50. The molecule has 2 aromatic carbocycles. The van der Waals surface area contributed by atoms with Crippen LogP contribution in [0.15, 0.2) is 53.4 Å². The lowest BCUT2D eigenvalue weighted by atomic mass is 10.1. The zero-order chi connectivity index (χ0) is 22.1. The Morgan fingerprint density at radius 3 is 2.13 bits per heavy atom. The van der Waals surface area contributed by atoms with Crippen molar-refractivity contribution in [2.75, 3.05) is 26.2 Å². The molecule has 0 unspecified atom stereocenters. The number of piperazine rings is 1. The molecule has 0 N–H and O–H groups in total. The molecule has 0 spiro atoms. The number of halogens is 3. The molecule has 0 atom stereocenters. The zero-order valence-electron chi connectivity index (χ0n) is 15.4. The first kappa shape index (κ1) is 21.7. The van der Waals surface area contributed by atoms with Crippen LogP contribution >= 0.6 is 0 Å². The fourth-order valence-electron chi connectivity index (χ4n) is 3.03. The third kappa shape index (κ3) is 4.44. The number of nitro benzene ring substituents is 1. The Bertz CT molecular complexity index is 1060. The van der Waals surface area contributed by atoms with Crippen molar-refractivity contribution < 1.29 is 31.3 Å². The van der Waals surface area contributed by atoms with Gasteiger partial charge in [-0.3, -0.25) is 14.9 Å². The van der Waals surface area contributed by atoms with E-state index in [1.165, 1.54) is 23.1 Å². The fraction of sp³-hybridized carbons (Fsp3) is 0.278. The molecule has 1 amide bonds. The molecule has 1 aliphatic rings. The summed E-state index contributed by atoms with van der Waals surface area (Å²) < 4.78 is 64.4. The molecule has 1 heterocycles. The third-order valence-corrected chi connectivity index (χ3v) is 6.56. The molecule has 0 aliphatic carbocycles. The van der Waals surface area contributed by atoms with Crippen LogP contribution in [0.3, 0.4) is 0 Å². The van der Waals surface area contributed by atoms with Gasteiger partial charge in [-0.15, -0.1) is 0 Å². The molecular formula is C18H16F3N3O5S. The number of benzene rings is 2. The van der Waals surface area contributed by atoms with Crippen molar-refractivity contribution in [1.29, 1.82) is 0 Å². The number of hydrogen-bond acceptors (Lipinski definition) is 5. The van der Waals surface area contributed by atoms with E-state index >= 15 is 0 Å². The van der Waals surface area contributed by atoms with Crippen LogP contribution < -0.4 is 0 Å². The van der Waals surface area contributed by atoms with Crippen LogP contribution in [-0.4, -0.2) is 54.6 Å². The summed E-state index contributed by atoms with van der Waals surface area (Å²) in [5.74, 6) is -0.467. The highest BCUT2D eigenvalue weighted by Gasteiger charge is 2.33. The largest absolute Gasteiger partial charge is 0.416 e. The third-order valence-electron chi connectivity index (χ3n) is 4.65. The van der Waals surface area contributed by atoms with Crippen molar-refractivity contribution in [3.63, 3.8) is 0 Å². The van der Waals surface area contributed by atoms with E-state index in [-0.39, 0.29) is 42.3 Å². The number of nitro groups is 1. The predicted molar refractivity (Wildman–Crippen MR) is 99.2 cm³/mol. The van der Waals surface area contributed by atoms with E-state index in [1.807, 2.05) is 0 Å². The lowest BCUT2D eigenvalue weighted by Gasteiger charge is -2.34. The summed E-state index contributed by atoms with van der Waals surface area (Å²) in [4.78, 5) is 23.9. The van der Waals surface area contributed by atoms with Crippen LogP contribution in [-0.2, 0) is 16.2 Å². The quantitative estimate of drug-likeness (QED) is 0.534. The van der Waals surface area contributed by atoms with Crippen LogP contribution in [0, 0.1) is 10.1 Å². The summed E-state index contributed by atoms with van der Waals surface area (Å²) in [6.45, 7) is -0.0170. The van der Waals surface area contributed by atoms with E-state index in [9.17, 15) is 36.5 Å². The molecule has 1 fully saturated rings. The highest BCUT2D eigenvalue weighted by atomic mass is 32.2. The Hall–Kier alpha value is -2.99. The first-order valence-corrected chi connectivity index (χ1v) is 10.2. The first-order chi connectivity index (χ1) is 14.0. The molecule has 0 aromatic heterocycles. The van der Waals surface area contributed by atoms with Gasteiger partial charge < -0.3 is 4.90 Å². The number of carbonyl (C=O) groups is 1. The van der Waals surface area contributed by atoms with E-state index in [0.717, 1.165) is 22.5 Å². The molecule has 0 radical (unpaired) electrons. The van der Waals surface area contributed by atoms with E-state index in [4.69, 9.17) is 0 Å². The molecule has 30 heavy (non-hydrogen) atoms. The SMILES string of the molecule is O=C(c1cccc([N+](=O)[O-])c1)N1CCN(S(=O)(=O)c2ccc(C(F)(F)F)cc2)CC1. The van der Waals surface area contributed by atoms with E-state index in [0.29, 0.717) is 12.1 Å². The number of rotatable bonds is 4. The zero-order valence-corrected chi connectivity index (χ0v) is 16.2. The minimum absolute atomic E-state index is 0.0430. The second-order valence-corrected chi connectivity index (χ2v) is 8.46. The number of carbonyl (C=O) groups excluding carboxylic acids is 1. The van der Waals surface area contributed by atoms with Gasteiger partial charge in [0.05, 0.1) is 15.4 Å². The molecule has 1 saturated heterocycles. The number of amides is 1. The Labute approximate surface area is 169 Å². The molecule has 12 heteroatoms. The van der Waals surface area contributed by atoms with Gasteiger partial charge in [0.25, 0.3) is 11.6 Å². The maximum atomic E-state index is 12.7.